The van der Waals surface area contributed by atoms with E-state index >= 15 is 0 Å². The zero-order valence-corrected chi connectivity index (χ0v) is 14.3. The summed E-state index contributed by atoms with van der Waals surface area (Å²) in [5.74, 6) is 0.988. The second kappa shape index (κ2) is 6.93. The third kappa shape index (κ3) is 3.67. The lowest BCUT2D eigenvalue weighted by atomic mass is 9.70. The summed E-state index contributed by atoms with van der Waals surface area (Å²) in [6.07, 6.45) is 4.12. The maximum Gasteiger partial charge on any atom is 0.230 e. The highest BCUT2D eigenvalue weighted by atomic mass is 32.1. The Balaban J connectivity index is 2.16. The van der Waals surface area contributed by atoms with Crippen LogP contribution in [0.3, 0.4) is 0 Å². The number of hydrogen-bond donors (Lipinski definition) is 1. The van der Waals surface area contributed by atoms with Crippen molar-refractivity contribution in [3.05, 3.63) is 22.4 Å². The van der Waals surface area contributed by atoms with Crippen LogP contribution in [-0.4, -0.2) is 23.4 Å². The summed E-state index contributed by atoms with van der Waals surface area (Å²) in [5.41, 5.74) is 5.73. The van der Waals surface area contributed by atoms with Crippen molar-refractivity contribution in [1.29, 1.82) is 0 Å². The van der Waals surface area contributed by atoms with E-state index in [0.29, 0.717) is 13.1 Å². The minimum Gasteiger partial charge on any atom is -0.335 e. The molecule has 1 amide bonds. The first-order chi connectivity index (χ1) is 9.98. The molecule has 0 spiro atoms. The minimum atomic E-state index is -0.325. The van der Waals surface area contributed by atoms with Gasteiger partial charge in [0.15, 0.2) is 0 Å². The van der Waals surface area contributed by atoms with Gasteiger partial charge in [0.2, 0.25) is 5.91 Å². The predicted molar refractivity (Wildman–Crippen MR) is 89.1 cm³/mol. The van der Waals surface area contributed by atoms with Crippen molar-refractivity contribution in [3.8, 4) is 0 Å². The molecule has 0 aliphatic heterocycles. The van der Waals surface area contributed by atoms with Crippen molar-refractivity contribution < 1.29 is 4.79 Å². The van der Waals surface area contributed by atoms with E-state index in [4.69, 9.17) is 5.73 Å². The summed E-state index contributed by atoms with van der Waals surface area (Å²) in [6, 6.07) is 4.36. The summed E-state index contributed by atoms with van der Waals surface area (Å²) in [5, 5.41) is 2.07. The lowest BCUT2D eigenvalue weighted by molar-refractivity contribution is -0.146. The van der Waals surface area contributed by atoms with Crippen molar-refractivity contribution >= 4 is 17.2 Å². The molecule has 0 radical (unpaired) electrons. The molecular weight excluding hydrogens is 280 g/mol. The fourth-order valence-corrected chi connectivity index (χ4v) is 3.89. The maximum absolute atomic E-state index is 13.2. The maximum atomic E-state index is 13.2. The number of hydrogen-bond acceptors (Lipinski definition) is 3. The van der Waals surface area contributed by atoms with E-state index in [-0.39, 0.29) is 17.4 Å². The molecule has 1 saturated carbocycles. The van der Waals surface area contributed by atoms with E-state index in [1.807, 2.05) is 11.0 Å². The molecule has 118 valence electrons. The van der Waals surface area contributed by atoms with Gasteiger partial charge in [-0.15, -0.1) is 11.3 Å². The summed E-state index contributed by atoms with van der Waals surface area (Å²) < 4.78 is 0. The number of nitrogens with zero attached hydrogens (tertiary/aromatic N) is 1. The number of rotatable bonds is 5. The molecule has 1 heterocycles. The van der Waals surface area contributed by atoms with Crippen LogP contribution in [0.15, 0.2) is 17.5 Å². The molecular formula is C17H28N2OS. The number of thiophene rings is 1. The highest BCUT2D eigenvalue weighted by molar-refractivity contribution is 7.09. The average Bonchev–Trinajstić information content (AvgIpc) is 2.98. The van der Waals surface area contributed by atoms with Gasteiger partial charge in [-0.25, -0.2) is 0 Å². The van der Waals surface area contributed by atoms with Crippen molar-refractivity contribution in [2.24, 2.45) is 17.1 Å². The number of amides is 1. The molecule has 0 atom stereocenters. The Hall–Kier alpha value is -0.870. The summed E-state index contributed by atoms with van der Waals surface area (Å²) in [4.78, 5) is 16.4. The van der Waals surface area contributed by atoms with Gasteiger partial charge in [0.1, 0.15) is 0 Å². The van der Waals surface area contributed by atoms with Crippen LogP contribution in [0.2, 0.25) is 0 Å². The van der Waals surface area contributed by atoms with E-state index in [1.54, 1.807) is 11.3 Å². The Kier molecular flexibility index (Phi) is 5.44. The van der Waals surface area contributed by atoms with Crippen LogP contribution in [0, 0.1) is 11.3 Å². The lowest BCUT2D eigenvalue weighted by Gasteiger charge is -2.42. The molecule has 0 unspecified atom stereocenters. The first-order valence-electron chi connectivity index (χ1n) is 8.02. The highest BCUT2D eigenvalue weighted by Gasteiger charge is 2.42. The van der Waals surface area contributed by atoms with E-state index in [9.17, 15) is 4.79 Å². The van der Waals surface area contributed by atoms with Gasteiger partial charge in [-0.2, -0.15) is 0 Å². The van der Waals surface area contributed by atoms with Gasteiger partial charge in [-0.05, 0) is 56.9 Å². The van der Waals surface area contributed by atoms with Crippen LogP contribution in [0.1, 0.15) is 51.3 Å². The standard InChI is InChI=1S/C17H28N2OS/c1-13(2)19(11-15-5-4-10-21-15)16(20)17(12-18)8-6-14(3)7-9-17/h4-5,10,13-14H,6-9,11-12,18H2,1-3H3. The normalized spacial score (nSPS) is 26.0. The van der Waals surface area contributed by atoms with Crippen LogP contribution in [0.5, 0.6) is 0 Å². The molecule has 4 heteroatoms. The molecule has 1 aromatic rings. The Labute approximate surface area is 132 Å². The zero-order chi connectivity index (χ0) is 15.5. The van der Waals surface area contributed by atoms with Crippen LogP contribution in [-0.2, 0) is 11.3 Å². The molecule has 2 rings (SSSR count). The van der Waals surface area contributed by atoms with E-state index < -0.39 is 0 Å². The van der Waals surface area contributed by atoms with Crippen LogP contribution in [0.4, 0.5) is 0 Å². The first-order valence-corrected chi connectivity index (χ1v) is 8.90. The van der Waals surface area contributed by atoms with E-state index in [1.165, 1.54) is 4.88 Å². The van der Waals surface area contributed by atoms with Crippen LogP contribution >= 0.6 is 11.3 Å². The van der Waals surface area contributed by atoms with Gasteiger partial charge >= 0.3 is 0 Å². The zero-order valence-electron chi connectivity index (χ0n) is 13.5. The molecule has 21 heavy (non-hydrogen) atoms. The topological polar surface area (TPSA) is 46.3 Å². The molecule has 0 saturated heterocycles. The Bertz CT molecular complexity index is 447. The van der Waals surface area contributed by atoms with Crippen LogP contribution in [0.25, 0.3) is 0 Å². The summed E-state index contributed by atoms with van der Waals surface area (Å²) in [6.45, 7) is 7.66. The number of carbonyl (C=O) groups is 1. The van der Waals surface area contributed by atoms with Gasteiger partial charge in [0, 0.05) is 17.5 Å². The molecule has 1 fully saturated rings. The molecule has 3 nitrogen and oxygen atoms in total. The fourth-order valence-electron chi connectivity index (χ4n) is 3.18. The first kappa shape index (κ1) is 16.5. The van der Waals surface area contributed by atoms with Crippen molar-refractivity contribution in [2.45, 2.75) is 59.0 Å². The number of nitrogens with two attached hydrogens (primary N) is 1. The summed E-state index contributed by atoms with van der Waals surface area (Å²) >= 11 is 1.71. The SMILES string of the molecule is CC1CCC(CN)(C(=O)N(Cc2cccs2)C(C)C)CC1. The largest absolute Gasteiger partial charge is 0.335 e. The minimum absolute atomic E-state index is 0.211. The quantitative estimate of drug-likeness (QED) is 0.902. The van der Waals surface area contributed by atoms with E-state index in [0.717, 1.165) is 31.6 Å². The van der Waals surface area contributed by atoms with Crippen molar-refractivity contribution in [3.63, 3.8) is 0 Å². The average molecular weight is 308 g/mol. The van der Waals surface area contributed by atoms with Crippen molar-refractivity contribution in [2.75, 3.05) is 6.54 Å². The van der Waals surface area contributed by atoms with Gasteiger partial charge < -0.3 is 10.6 Å². The Morgan fingerprint density at radius 3 is 2.62 bits per heavy atom. The van der Waals surface area contributed by atoms with Gasteiger partial charge in [-0.1, -0.05) is 13.0 Å². The number of carbonyl (C=O) groups excluding carboxylic acids is 1. The van der Waals surface area contributed by atoms with E-state index in [2.05, 4.69) is 32.2 Å². The summed E-state index contributed by atoms with van der Waals surface area (Å²) in [7, 11) is 0. The lowest BCUT2D eigenvalue weighted by Crippen LogP contribution is -2.51. The van der Waals surface area contributed by atoms with Gasteiger partial charge in [0.25, 0.3) is 0 Å². The van der Waals surface area contributed by atoms with Crippen LogP contribution < -0.4 is 5.73 Å². The van der Waals surface area contributed by atoms with Gasteiger partial charge in [-0.3, -0.25) is 4.79 Å². The molecule has 0 bridgehead atoms. The molecule has 0 aromatic carbocycles. The highest BCUT2D eigenvalue weighted by Crippen LogP contribution is 2.40. The smallest absolute Gasteiger partial charge is 0.230 e. The molecule has 1 aliphatic carbocycles. The van der Waals surface area contributed by atoms with Gasteiger partial charge in [0.05, 0.1) is 12.0 Å². The fraction of sp³-hybridized carbons (Fsp3) is 0.706. The third-order valence-electron chi connectivity index (χ3n) is 4.87. The van der Waals surface area contributed by atoms with Crippen molar-refractivity contribution in [1.82, 2.24) is 4.90 Å². The molecule has 1 aliphatic rings. The second-order valence-corrected chi connectivity index (χ2v) is 7.81. The monoisotopic (exact) mass is 308 g/mol. The Morgan fingerprint density at radius 1 is 1.48 bits per heavy atom. The molecule has 1 aromatic heterocycles. The predicted octanol–water partition coefficient (Wildman–Crippen LogP) is 3.64. The third-order valence-corrected chi connectivity index (χ3v) is 5.73. The Morgan fingerprint density at radius 2 is 2.14 bits per heavy atom. The second-order valence-electron chi connectivity index (χ2n) is 6.77. The molecule has 2 N–H and O–H groups in total.